The van der Waals surface area contributed by atoms with Crippen molar-refractivity contribution in [3.8, 4) is 0 Å². The summed E-state index contributed by atoms with van der Waals surface area (Å²) in [5.41, 5.74) is 3.43. The predicted octanol–water partition coefficient (Wildman–Crippen LogP) is 0.983. The summed E-state index contributed by atoms with van der Waals surface area (Å²) in [6.07, 6.45) is 1.74. The van der Waals surface area contributed by atoms with Gasteiger partial charge in [-0.25, -0.2) is 4.98 Å². The van der Waals surface area contributed by atoms with E-state index < -0.39 is 0 Å². The van der Waals surface area contributed by atoms with Crippen LogP contribution in [0.2, 0.25) is 0 Å². The zero-order valence-electron chi connectivity index (χ0n) is 11.2. The summed E-state index contributed by atoms with van der Waals surface area (Å²) in [4.78, 5) is 9.71. The van der Waals surface area contributed by atoms with E-state index in [0.29, 0.717) is 6.04 Å². The van der Waals surface area contributed by atoms with E-state index in [1.54, 1.807) is 6.33 Å². The molecule has 1 aromatic carbocycles. The molecule has 0 radical (unpaired) electrons. The monoisotopic (exact) mass is 260 g/mol. The van der Waals surface area contributed by atoms with Gasteiger partial charge in [-0.15, -0.1) is 0 Å². The van der Waals surface area contributed by atoms with E-state index >= 15 is 0 Å². The summed E-state index contributed by atoms with van der Waals surface area (Å²) in [7, 11) is 2.15. The Balaban J connectivity index is 1.59. The van der Waals surface area contributed by atoms with Gasteiger partial charge in [0, 0.05) is 25.7 Å². The van der Waals surface area contributed by atoms with Crippen molar-refractivity contribution in [3.63, 3.8) is 0 Å². The van der Waals surface area contributed by atoms with Gasteiger partial charge in [-0.05, 0) is 24.7 Å². The molecule has 19 heavy (non-hydrogen) atoms. The normalized spacial score (nSPS) is 20.2. The third-order valence-electron chi connectivity index (χ3n) is 3.47. The predicted molar refractivity (Wildman–Crippen MR) is 75.0 cm³/mol. The molecule has 0 spiro atoms. The zero-order valence-corrected chi connectivity index (χ0v) is 11.2. The van der Waals surface area contributed by atoms with Crippen molar-refractivity contribution in [2.24, 2.45) is 0 Å². The van der Waals surface area contributed by atoms with Gasteiger partial charge in [-0.3, -0.25) is 0 Å². The van der Waals surface area contributed by atoms with Crippen molar-refractivity contribution in [2.75, 3.05) is 33.4 Å². The van der Waals surface area contributed by atoms with Gasteiger partial charge in [0.25, 0.3) is 0 Å². The highest BCUT2D eigenvalue weighted by Crippen LogP contribution is 2.13. The fourth-order valence-electron chi connectivity index (χ4n) is 2.57. The van der Waals surface area contributed by atoms with Crippen LogP contribution in [0.1, 0.15) is 5.56 Å². The minimum absolute atomic E-state index is 0.439. The molecular formula is C14H20N4O. The van der Waals surface area contributed by atoms with Gasteiger partial charge in [0.1, 0.15) is 0 Å². The molecule has 1 aromatic heterocycles. The second kappa shape index (κ2) is 5.69. The first-order valence-electron chi connectivity index (χ1n) is 6.73. The Hall–Kier alpha value is -1.43. The molecule has 0 saturated carbocycles. The molecule has 3 rings (SSSR count). The van der Waals surface area contributed by atoms with Crippen LogP contribution in [0.15, 0.2) is 24.5 Å². The maximum absolute atomic E-state index is 5.48. The molecule has 2 aromatic rings. The van der Waals surface area contributed by atoms with Gasteiger partial charge in [0.05, 0.1) is 30.6 Å². The first-order valence-corrected chi connectivity index (χ1v) is 6.73. The van der Waals surface area contributed by atoms with Crippen molar-refractivity contribution in [3.05, 3.63) is 30.1 Å². The molecule has 2 N–H and O–H groups in total. The Kier molecular flexibility index (Phi) is 3.77. The molecule has 2 heterocycles. The Morgan fingerprint density at radius 1 is 1.47 bits per heavy atom. The van der Waals surface area contributed by atoms with E-state index in [1.807, 2.05) is 0 Å². The summed E-state index contributed by atoms with van der Waals surface area (Å²) in [5.74, 6) is 0. The highest BCUT2D eigenvalue weighted by molar-refractivity contribution is 5.74. The first kappa shape index (κ1) is 12.6. The smallest absolute Gasteiger partial charge is 0.0931 e. The lowest BCUT2D eigenvalue weighted by atomic mass is 10.2. The van der Waals surface area contributed by atoms with Gasteiger partial charge in [0.15, 0.2) is 0 Å². The number of rotatable bonds is 4. The topological polar surface area (TPSA) is 53.2 Å². The minimum atomic E-state index is 0.439. The van der Waals surface area contributed by atoms with Crippen LogP contribution in [0, 0.1) is 0 Å². The number of imidazole rings is 1. The van der Waals surface area contributed by atoms with Crippen LogP contribution >= 0.6 is 0 Å². The van der Waals surface area contributed by atoms with E-state index in [2.05, 4.69) is 45.4 Å². The fraction of sp³-hybridized carbons (Fsp3) is 0.500. The number of hydrogen-bond donors (Lipinski definition) is 2. The van der Waals surface area contributed by atoms with Crippen LogP contribution in [-0.4, -0.2) is 54.3 Å². The Morgan fingerprint density at radius 2 is 2.42 bits per heavy atom. The average Bonchev–Trinajstić information content (AvgIpc) is 2.87. The lowest BCUT2D eigenvalue weighted by Gasteiger charge is -2.28. The molecule has 0 aliphatic carbocycles. The van der Waals surface area contributed by atoms with Crippen LogP contribution in [0.25, 0.3) is 11.0 Å². The number of nitrogens with one attached hydrogen (secondary N) is 2. The largest absolute Gasteiger partial charge is 0.378 e. The lowest BCUT2D eigenvalue weighted by molar-refractivity contribution is 0.0645. The highest BCUT2D eigenvalue weighted by Gasteiger charge is 2.15. The molecule has 5 nitrogen and oxygen atoms in total. The van der Waals surface area contributed by atoms with Gasteiger partial charge in [0.2, 0.25) is 0 Å². The second-order valence-electron chi connectivity index (χ2n) is 5.18. The van der Waals surface area contributed by atoms with Crippen molar-refractivity contribution >= 4 is 11.0 Å². The quantitative estimate of drug-likeness (QED) is 0.860. The highest BCUT2D eigenvalue weighted by atomic mass is 16.5. The maximum atomic E-state index is 5.48. The van der Waals surface area contributed by atoms with Gasteiger partial charge < -0.3 is 19.9 Å². The summed E-state index contributed by atoms with van der Waals surface area (Å²) < 4.78 is 5.48. The van der Waals surface area contributed by atoms with E-state index in [9.17, 15) is 0 Å². The lowest BCUT2D eigenvalue weighted by Crippen LogP contribution is -2.47. The first-order chi connectivity index (χ1) is 9.31. The molecule has 0 amide bonds. The van der Waals surface area contributed by atoms with E-state index in [4.69, 9.17) is 4.74 Å². The van der Waals surface area contributed by atoms with Crippen LogP contribution in [-0.2, 0) is 11.3 Å². The van der Waals surface area contributed by atoms with Gasteiger partial charge in [-0.2, -0.15) is 0 Å². The second-order valence-corrected chi connectivity index (χ2v) is 5.18. The summed E-state index contributed by atoms with van der Waals surface area (Å²) >= 11 is 0. The van der Waals surface area contributed by atoms with Crippen molar-refractivity contribution in [1.82, 2.24) is 20.2 Å². The van der Waals surface area contributed by atoms with Gasteiger partial charge in [-0.1, -0.05) is 6.07 Å². The Labute approximate surface area is 113 Å². The molecule has 1 saturated heterocycles. The SMILES string of the molecule is CN(Cc1ccc2nc[nH]c2c1)CC1COCCN1. The number of aromatic nitrogens is 2. The number of morpholine rings is 1. The number of aromatic amines is 1. The number of hydrogen-bond acceptors (Lipinski definition) is 4. The molecule has 1 fully saturated rings. The van der Waals surface area contributed by atoms with E-state index in [1.165, 1.54) is 5.56 Å². The maximum Gasteiger partial charge on any atom is 0.0931 e. The minimum Gasteiger partial charge on any atom is -0.378 e. The van der Waals surface area contributed by atoms with Crippen molar-refractivity contribution < 1.29 is 4.74 Å². The van der Waals surface area contributed by atoms with Crippen LogP contribution in [0.3, 0.4) is 0 Å². The zero-order chi connectivity index (χ0) is 13.1. The number of benzene rings is 1. The van der Waals surface area contributed by atoms with Gasteiger partial charge >= 0.3 is 0 Å². The van der Waals surface area contributed by atoms with Crippen molar-refractivity contribution in [1.29, 1.82) is 0 Å². The number of fused-ring (bicyclic) bond motifs is 1. The summed E-state index contributed by atoms with van der Waals surface area (Å²) in [6.45, 7) is 4.54. The standard InChI is InChI=1S/C14H20N4O/c1-18(8-12-9-19-5-4-15-12)7-11-2-3-13-14(6-11)17-10-16-13/h2-3,6,10,12,15H,4-5,7-9H2,1H3,(H,16,17). The molecule has 1 unspecified atom stereocenters. The van der Waals surface area contributed by atoms with E-state index in [0.717, 1.165) is 43.9 Å². The van der Waals surface area contributed by atoms with Crippen molar-refractivity contribution in [2.45, 2.75) is 12.6 Å². The number of ether oxygens (including phenoxy) is 1. The molecular weight excluding hydrogens is 240 g/mol. The van der Waals surface area contributed by atoms with Crippen LogP contribution in [0.5, 0.6) is 0 Å². The number of H-pyrrole nitrogens is 1. The molecule has 102 valence electrons. The third-order valence-corrected chi connectivity index (χ3v) is 3.47. The Morgan fingerprint density at radius 3 is 3.26 bits per heavy atom. The average molecular weight is 260 g/mol. The third kappa shape index (κ3) is 3.12. The van der Waals surface area contributed by atoms with E-state index in [-0.39, 0.29) is 0 Å². The molecule has 1 aliphatic heterocycles. The molecule has 0 bridgehead atoms. The summed E-state index contributed by atoms with van der Waals surface area (Å²) in [6, 6.07) is 6.82. The van der Waals surface area contributed by atoms with Crippen LogP contribution in [0.4, 0.5) is 0 Å². The number of nitrogens with zero attached hydrogens (tertiary/aromatic N) is 2. The Bertz CT molecular complexity index is 533. The number of likely N-dealkylation sites (N-methyl/N-ethyl adjacent to an activating group) is 1. The van der Waals surface area contributed by atoms with Crippen LogP contribution < -0.4 is 5.32 Å². The molecule has 1 aliphatic rings. The molecule has 5 heteroatoms. The fourth-order valence-corrected chi connectivity index (χ4v) is 2.57. The summed E-state index contributed by atoms with van der Waals surface area (Å²) in [5, 5.41) is 3.48. The molecule has 1 atom stereocenters.